The Hall–Kier alpha value is -0.430. The Morgan fingerprint density at radius 2 is 1.80 bits per heavy atom. The van der Waals surface area contributed by atoms with E-state index in [1.807, 2.05) is 39.0 Å². The smallest absolute Gasteiger partial charge is 0.0215 e. The van der Waals surface area contributed by atoms with Gasteiger partial charge in [0.25, 0.3) is 0 Å². The van der Waals surface area contributed by atoms with Crippen molar-refractivity contribution in [2.75, 3.05) is 0 Å². The molecule has 0 saturated heterocycles. The van der Waals surface area contributed by atoms with Gasteiger partial charge in [-0.15, -0.1) is 12.6 Å². The van der Waals surface area contributed by atoms with E-state index in [4.69, 9.17) is 0 Å². The third kappa shape index (κ3) is 15.6. The van der Waals surface area contributed by atoms with Crippen LogP contribution in [0.4, 0.5) is 0 Å². The molecule has 0 aliphatic heterocycles. The van der Waals surface area contributed by atoms with Crippen LogP contribution in [-0.2, 0) is 0 Å². The molecule has 0 aromatic rings. The summed E-state index contributed by atoms with van der Waals surface area (Å²) in [6, 6.07) is 0. The van der Waals surface area contributed by atoms with Crippen LogP contribution in [0.25, 0.3) is 0 Å². The summed E-state index contributed by atoms with van der Waals surface area (Å²) in [6.45, 7) is 9.44. The molecule has 0 aromatic heterocycles. The molecule has 0 fully saturated rings. The maximum Gasteiger partial charge on any atom is -0.0215 e. The molecule has 0 unspecified atom stereocenters. The van der Waals surface area contributed by atoms with Crippen molar-refractivity contribution in [2.24, 2.45) is 0 Å². The predicted octanol–water partition coefficient (Wildman–Crippen LogP) is 3.59. The number of allylic oxidation sites excluding steroid dienone is 5. The molecule has 0 amide bonds. The van der Waals surface area contributed by atoms with E-state index in [0.717, 1.165) is 4.91 Å². The summed E-state index contributed by atoms with van der Waals surface area (Å²) >= 11 is 4.05. The summed E-state index contributed by atoms with van der Waals surface area (Å²) in [5.41, 5.74) is 0. The van der Waals surface area contributed by atoms with Gasteiger partial charge in [-0.25, -0.2) is 0 Å². The predicted molar refractivity (Wildman–Crippen MR) is 53.4 cm³/mol. The first kappa shape index (κ1) is 12.3. The van der Waals surface area contributed by atoms with Crippen LogP contribution in [0.1, 0.15) is 20.8 Å². The molecule has 0 saturated carbocycles. The molecule has 0 aromatic carbocycles. The van der Waals surface area contributed by atoms with Crippen LogP contribution in [0, 0.1) is 0 Å². The van der Waals surface area contributed by atoms with Gasteiger partial charge in [0.15, 0.2) is 0 Å². The third-order valence-corrected chi connectivity index (χ3v) is 0.734. The number of rotatable bonds is 2. The summed E-state index contributed by atoms with van der Waals surface area (Å²) < 4.78 is 0. The van der Waals surface area contributed by atoms with Crippen LogP contribution in [-0.4, -0.2) is 0 Å². The highest BCUT2D eigenvalue weighted by atomic mass is 32.1. The van der Waals surface area contributed by atoms with E-state index in [1.165, 1.54) is 0 Å². The first-order valence-electron chi connectivity index (χ1n) is 3.42. The molecule has 0 spiro atoms. The molecule has 0 atom stereocenters. The van der Waals surface area contributed by atoms with Gasteiger partial charge < -0.3 is 0 Å². The van der Waals surface area contributed by atoms with Gasteiger partial charge in [0.2, 0.25) is 0 Å². The van der Waals surface area contributed by atoms with E-state index in [1.54, 1.807) is 6.08 Å². The summed E-state index contributed by atoms with van der Waals surface area (Å²) in [5.74, 6) is 0. The fourth-order valence-corrected chi connectivity index (χ4v) is 0.359. The van der Waals surface area contributed by atoms with Gasteiger partial charge in [-0.2, -0.15) is 0 Å². The number of hydrogen-bond donors (Lipinski definition) is 1. The Labute approximate surface area is 69.8 Å². The van der Waals surface area contributed by atoms with Gasteiger partial charge in [0.1, 0.15) is 0 Å². The van der Waals surface area contributed by atoms with Crippen LogP contribution in [0.2, 0.25) is 0 Å². The average Bonchev–Trinajstić information content (AvgIpc) is 1.92. The van der Waals surface area contributed by atoms with Gasteiger partial charge >= 0.3 is 0 Å². The van der Waals surface area contributed by atoms with Gasteiger partial charge in [0, 0.05) is 0 Å². The summed E-state index contributed by atoms with van der Waals surface area (Å²) in [6.07, 6.45) is 7.40. The normalized spacial score (nSPS) is 10.6. The van der Waals surface area contributed by atoms with Gasteiger partial charge in [-0.1, -0.05) is 44.7 Å². The largest absolute Gasteiger partial charge is 0.148 e. The molecule has 0 bridgehead atoms. The Morgan fingerprint density at radius 1 is 1.30 bits per heavy atom. The van der Waals surface area contributed by atoms with Crippen molar-refractivity contribution in [3.63, 3.8) is 0 Å². The number of hydrogen-bond acceptors (Lipinski definition) is 1. The van der Waals surface area contributed by atoms with Crippen molar-refractivity contribution in [1.29, 1.82) is 0 Å². The number of thiol groups is 1. The van der Waals surface area contributed by atoms with Crippen LogP contribution in [0.5, 0.6) is 0 Å². The zero-order chi connectivity index (χ0) is 8.41. The molecule has 0 N–H and O–H groups in total. The topological polar surface area (TPSA) is 0 Å². The maximum atomic E-state index is 4.05. The van der Waals surface area contributed by atoms with E-state index in [-0.39, 0.29) is 0 Å². The van der Waals surface area contributed by atoms with E-state index >= 15 is 0 Å². The Bertz CT molecular complexity index is 117. The average molecular weight is 156 g/mol. The van der Waals surface area contributed by atoms with E-state index in [0.29, 0.717) is 0 Å². The van der Waals surface area contributed by atoms with Crippen molar-refractivity contribution in [2.45, 2.75) is 20.8 Å². The molecular weight excluding hydrogens is 140 g/mol. The van der Waals surface area contributed by atoms with Crippen molar-refractivity contribution < 1.29 is 0 Å². The third-order valence-electron chi connectivity index (χ3n) is 0.585. The van der Waals surface area contributed by atoms with Crippen molar-refractivity contribution in [3.8, 4) is 0 Å². The van der Waals surface area contributed by atoms with Crippen molar-refractivity contribution >= 4 is 12.6 Å². The molecular formula is C9H16S. The zero-order valence-electron chi connectivity index (χ0n) is 6.96. The minimum Gasteiger partial charge on any atom is -0.148 e. The van der Waals surface area contributed by atoms with Crippen LogP contribution in [0.3, 0.4) is 0 Å². The van der Waals surface area contributed by atoms with E-state index in [9.17, 15) is 0 Å². The van der Waals surface area contributed by atoms with E-state index < -0.39 is 0 Å². The fraction of sp³-hybridized carbons (Fsp3) is 0.333. The quantitative estimate of drug-likeness (QED) is 0.458. The first-order valence-corrected chi connectivity index (χ1v) is 3.87. The minimum atomic E-state index is 1.00. The fourth-order valence-electron chi connectivity index (χ4n) is 0.273. The molecule has 0 heterocycles. The summed E-state index contributed by atoms with van der Waals surface area (Å²) in [4.78, 5) is 1.00. The zero-order valence-corrected chi connectivity index (χ0v) is 7.86. The SMILES string of the molecule is C=C/C=C\C=C(/C)S.CC. The summed E-state index contributed by atoms with van der Waals surface area (Å²) in [7, 11) is 0. The Balaban J connectivity index is 0. The second-order valence-electron chi connectivity index (χ2n) is 1.43. The van der Waals surface area contributed by atoms with Gasteiger partial charge in [-0.05, 0) is 11.8 Å². The first-order chi connectivity index (χ1) is 4.77. The Kier molecular flexibility index (Phi) is 14.0. The second kappa shape index (κ2) is 11.4. The highest BCUT2D eigenvalue weighted by molar-refractivity contribution is 7.84. The minimum absolute atomic E-state index is 1.00. The lowest BCUT2D eigenvalue weighted by atomic mass is 10.4. The standard InChI is InChI=1S/C7H10S.C2H6/c1-3-4-5-6-7(2)8;1-2/h3-6,8H,1H2,2H3;1-2H3/b5-4-,7-6+;. The lowest BCUT2D eigenvalue weighted by Crippen LogP contribution is -1.52. The van der Waals surface area contributed by atoms with Crippen molar-refractivity contribution in [3.05, 3.63) is 35.8 Å². The van der Waals surface area contributed by atoms with Gasteiger partial charge in [0.05, 0.1) is 0 Å². The van der Waals surface area contributed by atoms with Gasteiger partial charge in [-0.3, -0.25) is 0 Å². The lowest BCUT2D eigenvalue weighted by molar-refractivity contribution is 1.50. The molecule has 0 nitrogen and oxygen atoms in total. The lowest BCUT2D eigenvalue weighted by Gasteiger charge is -1.77. The Morgan fingerprint density at radius 3 is 2.10 bits per heavy atom. The second-order valence-corrected chi connectivity index (χ2v) is 2.13. The van der Waals surface area contributed by atoms with E-state index in [2.05, 4.69) is 19.2 Å². The highest BCUT2D eigenvalue weighted by Gasteiger charge is 1.67. The maximum absolute atomic E-state index is 4.05. The molecule has 10 heavy (non-hydrogen) atoms. The van der Waals surface area contributed by atoms with Crippen LogP contribution >= 0.6 is 12.6 Å². The van der Waals surface area contributed by atoms with Crippen LogP contribution in [0.15, 0.2) is 35.8 Å². The monoisotopic (exact) mass is 156 g/mol. The molecule has 0 aliphatic rings. The van der Waals surface area contributed by atoms with Crippen LogP contribution < -0.4 is 0 Å². The molecule has 1 heteroatoms. The highest BCUT2D eigenvalue weighted by Crippen LogP contribution is 1.95. The molecule has 0 rings (SSSR count). The summed E-state index contributed by atoms with van der Waals surface area (Å²) in [5, 5.41) is 0. The molecule has 0 aliphatic carbocycles. The molecule has 0 radical (unpaired) electrons. The molecule has 58 valence electrons. The van der Waals surface area contributed by atoms with Crippen molar-refractivity contribution in [1.82, 2.24) is 0 Å².